The van der Waals surface area contributed by atoms with Crippen LogP contribution in [0.25, 0.3) is 0 Å². The van der Waals surface area contributed by atoms with E-state index in [1.165, 1.54) is 6.42 Å². The van der Waals surface area contributed by atoms with Gasteiger partial charge in [-0.25, -0.2) is 4.39 Å². The minimum absolute atomic E-state index is 0.0535. The van der Waals surface area contributed by atoms with Crippen LogP contribution < -0.4 is 10.1 Å². The van der Waals surface area contributed by atoms with Crippen LogP contribution in [0.3, 0.4) is 0 Å². The summed E-state index contributed by atoms with van der Waals surface area (Å²) in [6, 6.07) is 5.74. The fourth-order valence-electron chi connectivity index (χ4n) is 3.13. The van der Waals surface area contributed by atoms with Crippen LogP contribution in [0.4, 0.5) is 4.39 Å². The van der Waals surface area contributed by atoms with Gasteiger partial charge in [-0.05, 0) is 44.0 Å². The summed E-state index contributed by atoms with van der Waals surface area (Å²) in [6.45, 7) is 4.74. The lowest BCUT2D eigenvalue weighted by Crippen LogP contribution is -2.58. The molecule has 3 rings (SSSR count). The molecule has 1 aromatic carbocycles. The maximum absolute atomic E-state index is 14.0. The predicted octanol–water partition coefficient (Wildman–Crippen LogP) is 2.24. The minimum Gasteiger partial charge on any atom is -0.491 e. The molecule has 0 bridgehead atoms. The molecule has 2 heterocycles. The Hall–Kier alpha value is -1.13. The van der Waals surface area contributed by atoms with Crippen molar-refractivity contribution in [2.24, 2.45) is 0 Å². The molecular formula is C15H20FNO2. The Morgan fingerprint density at radius 2 is 2.32 bits per heavy atom. The molecule has 1 unspecified atom stereocenters. The summed E-state index contributed by atoms with van der Waals surface area (Å²) < 4.78 is 24.7. The highest BCUT2D eigenvalue weighted by atomic mass is 19.1. The van der Waals surface area contributed by atoms with Crippen molar-refractivity contribution in [3.05, 3.63) is 29.6 Å². The SMILES string of the molecule is CCOc1ccc(C2(C3CCCN3)COC2)cc1F. The minimum atomic E-state index is -0.274. The fraction of sp³-hybridized carbons (Fsp3) is 0.600. The molecule has 0 radical (unpaired) electrons. The summed E-state index contributed by atoms with van der Waals surface area (Å²) in [5.41, 5.74) is 0.973. The van der Waals surface area contributed by atoms with Crippen molar-refractivity contribution < 1.29 is 13.9 Å². The van der Waals surface area contributed by atoms with Gasteiger partial charge in [0.2, 0.25) is 0 Å². The van der Waals surface area contributed by atoms with Crippen LogP contribution >= 0.6 is 0 Å². The van der Waals surface area contributed by atoms with Crippen molar-refractivity contribution >= 4 is 0 Å². The standard InChI is InChI=1S/C15H20FNO2/c1-2-19-13-6-5-11(8-12(13)16)15(9-18-10-15)14-4-3-7-17-14/h5-6,8,14,17H,2-4,7,9-10H2,1H3. The molecule has 2 aliphatic heterocycles. The summed E-state index contributed by atoms with van der Waals surface area (Å²) >= 11 is 0. The Labute approximate surface area is 113 Å². The highest BCUT2D eigenvalue weighted by molar-refractivity contribution is 5.37. The third-order valence-electron chi connectivity index (χ3n) is 4.25. The topological polar surface area (TPSA) is 30.5 Å². The first-order valence-electron chi connectivity index (χ1n) is 7.00. The van der Waals surface area contributed by atoms with Gasteiger partial charge in [0.15, 0.2) is 11.6 Å². The van der Waals surface area contributed by atoms with Crippen molar-refractivity contribution in [3.63, 3.8) is 0 Å². The van der Waals surface area contributed by atoms with Gasteiger partial charge in [0.05, 0.1) is 25.2 Å². The van der Waals surface area contributed by atoms with E-state index in [9.17, 15) is 4.39 Å². The van der Waals surface area contributed by atoms with Gasteiger partial charge in [-0.3, -0.25) is 0 Å². The van der Waals surface area contributed by atoms with Crippen LogP contribution in [0.15, 0.2) is 18.2 Å². The van der Waals surface area contributed by atoms with Crippen molar-refractivity contribution in [2.45, 2.75) is 31.2 Å². The number of benzene rings is 1. The van der Waals surface area contributed by atoms with E-state index in [1.54, 1.807) is 12.1 Å². The molecule has 104 valence electrons. The molecule has 2 saturated heterocycles. The van der Waals surface area contributed by atoms with Crippen LogP contribution in [0, 0.1) is 5.82 Å². The van der Waals surface area contributed by atoms with Gasteiger partial charge in [-0.1, -0.05) is 6.07 Å². The lowest BCUT2D eigenvalue weighted by Gasteiger charge is -2.46. The smallest absolute Gasteiger partial charge is 0.165 e. The number of rotatable bonds is 4. The fourth-order valence-corrected chi connectivity index (χ4v) is 3.13. The quantitative estimate of drug-likeness (QED) is 0.905. The van der Waals surface area contributed by atoms with Gasteiger partial charge in [0.1, 0.15) is 0 Å². The predicted molar refractivity (Wildman–Crippen MR) is 71.1 cm³/mol. The zero-order chi connectivity index (χ0) is 13.3. The van der Waals surface area contributed by atoms with Crippen molar-refractivity contribution in [1.82, 2.24) is 5.32 Å². The lowest BCUT2D eigenvalue weighted by molar-refractivity contribution is -0.0762. The molecule has 2 aliphatic rings. The Morgan fingerprint density at radius 1 is 1.47 bits per heavy atom. The molecule has 0 saturated carbocycles. The van der Waals surface area contributed by atoms with E-state index in [1.807, 2.05) is 13.0 Å². The third kappa shape index (κ3) is 2.13. The van der Waals surface area contributed by atoms with Crippen molar-refractivity contribution in [3.8, 4) is 5.75 Å². The third-order valence-corrected chi connectivity index (χ3v) is 4.25. The molecule has 3 nitrogen and oxygen atoms in total. The van der Waals surface area contributed by atoms with Crippen LogP contribution in [-0.4, -0.2) is 32.4 Å². The van der Waals surface area contributed by atoms with E-state index < -0.39 is 0 Å². The normalized spacial score (nSPS) is 25.1. The Bertz CT molecular complexity index is 453. The van der Waals surface area contributed by atoms with Crippen LogP contribution in [-0.2, 0) is 10.2 Å². The number of hydrogen-bond donors (Lipinski definition) is 1. The van der Waals surface area contributed by atoms with E-state index in [0.717, 1.165) is 18.5 Å². The highest BCUT2D eigenvalue weighted by Crippen LogP contribution is 2.40. The zero-order valence-corrected chi connectivity index (χ0v) is 11.2. The Kier molecular flexibility index (Phi) is 3.46. The second-order valence-corrected chi connectivity index (χ2v) is 5.38. The van der Waals surface area contributed by atoms with Gasteiger partial charge < -0.3 is 14.8 Å². The molecule has 0 aliphatic carbocycles. The molecule has 0 amide bonds. The molecule has 1 atom stereocenters. The zero-order valence-electron chi connectivity index (χ0n) is 11.2. The van der Waals surface area contributed by atoms with E-state index in [2.05, 4.69) is 5.32 Å². The van der Waals surface area contributed by atoms with E-state index >= 15 is 0 Å². The summed E-state index contributed by atoms with van der Waals surface area (Å²) in [5.74, 6) is 0.0599. The number of hydrogen-bond acceptors (Lipinski definition) is 3. The summed E-state index contributed by atoms with van der Waals surface area (Å²) in [5, 5.41) is 3.52. The van der Waals surface area contributed by atoms with Crippen LogP contribution in [0.1, 0.15) is 25.3 Å². The maximum Gasteiger partial charge on any atom is 0.165 e. The van der Waals surface area contributed by atoms with Crippen molar-refractivity contribution in [1.29, 1.82) is 0 Å². The highest BCUT2D eigenvalue weighted by Gasteiger charge is 2.48. The van der Waals surface area contributed by atoms with Crippen molar-refractivity contribution in [2.75, 3.05) is 26.4 Å². The van der Waals surface area contributed by atoms with Gasteiger partial charge in [0, 0.05) is 6.04 Å². The largest absolute Gasteiger partial charge is 0.491 e. The molecule has 1 aromatic rings. The van der Waals surface area contributed by atoms with E-state index in [4.69, 9.17) is 9.47 Å². The van der Waals surface area contributed by atoms with E-state index in [0.29, 0.717) is 31.6 Å². The first kappa shape index (κ1) is 12.9. The number of ether oxygens (including phenoxy) is 2. The first-order chi connectivity index (χ1) is 9.26. The molecule has 0 aromatic heterocycles. The molecular weight excluding hydrogens is 245 g/mol. The first-order valence-corrected chi connectivity index (χ1v) is 7.00. The second kappa shape index (κ2) is 5.10. The van der Waals surface area contributed by atoms with Gasteiger partial charge in [-0.2, -0.15) is 0 Å². The molecule has 4 heteroatoms. The summed E-state index contributed by atoms with van der Waals surface area (Å²) in [7, 11) is 0. The molecule has 0 spiro atoms. The Balaban J connectivity index is 1.89. The molecule has 1 N–H and O–H groups in total. The number of halogens is 1. The lowest BCUT2D eigenvalue weighted by atomic mass is 9.72. The second-order valence-electron chi connectivity index (χ2n) is 5.38. The maximum atomic E-state index is 14.0. The van der Waals surface area contributed by atoms with E-state index in [-0.39, 0.29) is 11.2 Å². The molecule has 19 heavy (non-hydrogen) atoms. The monoisotopic (exact) mass is 265 g/mol. The van der Waals surface area contributed by atoms with Gasteiger partial charge in [-0.15, -0.1) is 0 Å². The number of nitrogens with one attached hydrogen (secondary N) is 1. The molecule has 2 fully saturated rings. The summed E-state index contributed by atoms with van der Waals surface area (Å²) in [6.07, 6.45) is 2.32. The average Bonchev–Trinajstić information content (AvgIpc) is 2.85. The van der Waals surface area contributed by atoms with Crippen LogP contribution in [0.5, 0.6) is 5.75 Å². The van der Waals surface area contributed by atoms with Gasteiger partial charge >= 0.3 is 0 Å². The van der Waals surface area contributed by atoms with Crippen LogP contribution in [0.2, 0.25) is 0 Å². The average molecular weight is 265 g/mol. The Morgan fingerprint density at radius 3 is 2.84 bits per heavy atom. The summed E-state index contributed by atoms with van der Waals surface area (Å²) in [4.78, 5) is 0. The van der Waals surface area contributed by atoms with Gasteiger partial charge in [0.25, 0.3) is 0 Å².